The van der Waals surface area contributed by atoms with Crippen LogP contribution in [0.5, 0.6) is 0 Å². The quantitative estimate of drug-likeness (QED) is 0.438. The van der Waals surface area contributed by atoms with Gasteiger partial charge in [-0.15, -0.1) is 0 Å². The molecule has 0 spiro atoms. The number of esters is 1. The van der Waals surface area contributed by atoms with Gasteiger partial charge in [0.1, 0.15) is 12.6 Å². The highest BCUT2D eigenvalue weighted by atomic mass is 16.6. The van der Waals surface area contributed by atoms with Gasteiger partial charge in [0.15, 0.2) is 0 Å². The Kier molecular flexibility index (Phi) is 5.51. The van der Waals surface area contributed by atoms with Gasteiger partial charge in [0.2, 0.25) is 0 Å². The summed E-state index contributed by atoms with van der Waals surface area (Å²) in [5.74, 6) is -0.168. The smallest absolute Gasteiger partial charge is 0.323 e. The normalized spacial score (nSPS) is 21.1. The van der Waals surface area contributed by atoms with E-state index >= 15 is 0 Å². The van der Waals surface area contributed by atoms with Crippen LogP contribution < -0.4 is 11.1 Å². The van der Waals surface area contributed by atoms with Crippen molar-refractivity contribution in [3.8, 4) is 0 Å². The Morgan fingerprint density at radius 2 is 2.29 bits per heavy atom. The molecule has 3 N–H and O–H groups in total. The van der Waals surface area contributed by atoms with Crippen LogP contribution in [0.3, 0.4) is 0 Å². The summed E-state index contributed by atoms with van der Waals surface area (Å²) < 4.78 is 10.1. The van der Waals surface area contributed by atoms with Crippen LogP contribution in [0.25, 0.3) is 0 Å². The van der Waals surface area contributed by atoms with Crippen LogP contribution in [0.4, 0.5) is 0 Å². The zero-order chi connectivity index (χ0) is 10.2. The monoisotopic (exact) mass is 202 g/mol. The first-order valence-electron chi connectivity index (χ1n) is 5.02. The first kappa shape index (κ1) is 11.4. The predicted octanol–water partition coefficient (Wildman–Crippen LogP) is -0.743. The molecule has 0 unspecified atom stereocenters. The van der Waals surface area contributed by atoms with Crippen molar-refractivity contribution >= 4 is 5.97 Å². The molecule has 5 nitrogen and oxygen atoms in total. The maximum atomic E-state index is 11.3. The Morgan fingerprint density at radius 3 is 2.93 bits per heavy atom. The molecule has 1 rings (SSSR count). The van der Waals surface area contributed by atoms with Crippen LogP contribution in [0.2, 0.25) is 0 Å². The van der Waals surface area contributed by atoms with Crippen molar-refractivity contribution in [2.75, 3.05) is 32.9 Å². The molecule has 1 atom stereocenters. The number of nitrogens with two attached hydrogens (primary N) is 1. The average Bonchev–Trinajstić information content (AvgIpc) is 2.70. The van der Waals surface area contributed by atoms with Gasteiger partial charge in [-0.3, -0.25) is 4.79 Å². The van der Waals surface area contributed by atoms with Crippen molar-refractivity contribution in [1.82, 2.24) is 5.32 Å². The maximum Gasteiger partial charge on any atom is 0.323 e. The SMILES string of the molecule is NCCOCCOC(=O)[C@@H]1CCCN1. The molecule has 5 heteroatoms. The van der Waals surface area contributed by atoms with Crippen LogP contribution in [-0.2, 0) is 14.3 Å². The largest absolute Gasteiger partial charge is 0.462 e. The molecule has 0 aromatic carbocycles. The molecule has 0 radical (unpaired) electrons. The summed E-state index contributed by atoms with van der Waals surface area (Å²) in [6, 6.07) is -0.107. The van der Waals surface area contributed by atoms with Crippen molar-refractivity contribution in [3.63, 3.8) is 0 Å². The molecule has 0 bridgehead atoms. The molecule has 1 aliphatic heterocycles. The molecule has 0 aliphatic carbocycles. The highest BCUT2D eigenvalue weighted by Gasteiger charge is 2.22. The van der Waals surface area contributed by atoms with E-state index in [-0.39, 0.29) is 12.0 Å². The van der Waals surface area contributed by atoms with Crippen molar-refractivity contribution in [3.05, 3.63) is 0 Å². The number of hydrogen-bond acceptors (Lipinski definition) is 5. The van der Waals surface area contributed by atoms with Crippen LogP contribution in [0.15, 0.2) is 0 Å². The van der Waals surface area contributed by atoms with E-state index in [9.17, 15) is 4.79 Å². The Hall–Kier alpha value is -0.650. The lowest BCUT2D eigenvalue weighted by atomic mass is 10.2. The van der Waals surface area contributed by atoms with Gasteiger partial charge in [0.25, 0.3) is 0 Å². The molecule has 0 amide bonds. The molecular formula is C9H18N2O3. The fraction of sp³-hybridized carbons (Fsp3) is 0.889. The third-order valence-corrected chi connectivity index (χ3v) is 2.08. The lowest BCUT2D eigenvalue weighted by Gasteiger charge is -2.10. The van der Waals surface area contributed by atoms with Gasteiger partial charge in [0, 0.05) is 6.54 Å². The van der Waals surface area contributed by atoms with Gasteiger partial charge in [-0.2, -0.15) is 0 Å². The van der Waals surface area contributed by atoms with E-state index in [4.69, 9.17) is 15.2 Å². The van der Waals surface area contributed by atoms with Gasteiger partial charge < -0.3 is 20.5 Å². The van der Waals surface area contributed by atoms with E-state index in [0.717, 1.165) is 19.4 Å². The summed E-state index contributed by atoms with van der Waals surface area (Å²) >= 11 is 0. The molecule has 82 valence electrons. The molecular weight excluding hydrogens is 184 g/mol. The number of carbonyl (C=O) groups is 1. The van der Waals surface area contributed by atoms with Crippen LogP contribution in [0, 0.1) is 0 Å². The number of rotatable bonds is 6. The summed E-state index contributed by atoms with van der Waals surface area (Å²) in [5, 5.41) is 3.07. The summed E-state index contributed by atoms with van der Waals surface area (Å²) in [6.45, 7) is 2.66. The van der Waals surface area contributed by atoms with Crippen LogP contribution in [0.1, 0.15) is 12.8 Å². The van der Waals surface area contributed by atoms with E-state index in [1.165, 1.54) is 0 Å². The van der Waals surface area contributed by atoms with E-state index in [1.54, 1.807) is 0 Å². The molecule has 1 heterocycles. The Morgan fingerprint density at radius 1 is 1.43 bits per heavy atom. The zero-order valence-electron chi connectivity index (χ0n) is 8.33. The van der Waals surface area contributed by atoms with E-state index in [0.29, 0.717) is 26.4 Å². The number of carbonyl (C=O) groups excluding carboxylic acids is 1. The van der Waals surface area contributed by atoms with Crippen LogP contribution >= 0.6 is 0 Å². The molecule has 0 aromatic rings. The van der Waals surface area contributed by atoms with Gasteiger partial charge in [-0.1, -0.05) is 0 Å². The van der Waals surface area contributed by atoms with E-state index in [2.05, 4.69) is 5.32 Å². The standard InChI is InChI=1S/C9H18N2O3/c10-3-5-13-6-7-14-9(12)8-2-1-4-11-8/h8,11H,1-7,10H2/t8-/m0/s1. The Labute approximate surface area is 83.9 Å². The second-order valence-electron chi connectivity index (χ2n) is 3.22. The molecule has 14 heavy (non-hydrogen) atoms. The lowest BCUT2D eigenvalue weighted by Crippen LogP contribution is -2.33. The van der Waals surface area contributed by atoms with Crippen molar-refractivity contribution in [1.29, 1.82) is 0 Å². The van der Waals surface area contributed by atoms with Gasteiger partial charge >= 0.3 is 5.97 Å². The number of ether oxygens (including phenoxy) is 2. The second kappa shape index (κ2) is 6.75. The highest BCUT2D eigenvalue weighted by Crippen LogP contribution is 2.06. The van der Waals surface area contributed by atoms with Gasteiger partial charge in [-0.05, 0) is 19.4 Å². The number of nitrogens with one attached hydrogen (secondary N) is 1. The van der Waals surface area contributed by atoms with Crippen LogP contribution in [-0.4, -0.2) is 44.9 Å². The van der Waals surface area contributed by atoms with Gasteiger partial charge in [-0.25, -0.2) is 0 Å². The first-order chi connectivity index (χ1) is 6.84. The van der Waals surface area contributed by atoms with E-state index < -0.39 is 0 Å². The average molecular weight is 202 g/mol. The molecule has 0 aromatic heterocycles. The molecule has 1 fully saturated rings. The first-order valence-corrected chi connectivity index (χ1v) is 5.02. The molecule has 0 saturated carbocycles. The fourth-order valence-electron chi connectivity index (χ4n) is 1.37. The van der Waals surface area contributed by atoms with Crippen molar-refractivity contribution < 1.29 is 14.3 Å². The Balaban J connectivity index is 1.97. The lowest BCUT2D eigenvalue weighted by molar-refractivity contribution is -0.147. The molecule has 1 aliphatic rings. The fourth-order valence-corrected chi connectivity index (χ4v) is 1.37. The van der Waals surface area contributed by atoms with Crippen molar-refractivity contribution in [2.45, 2.75) is 18.9 Å². The minimum atomic E-state index is -0.168. The van der Waals surface area contributed by atoms with E-state index in [1.807, 2.05) is 0 Å². The summed E-state index contributed by atoms with van der Waals surface area (Å²) in [7, 11) is 0. The minimum absolute atomic E-state index is 0.107. The number of hydrogen-bond donors (Lipinski definition) is 2. The third kappa shape index (κ3) is 4.04. The topological polar surface area (TPSA) is 73.6 Å². The van der Waals surface area contributed by atoms with Gasteiger partial charge in [0.05, 0.1) is 13.2 Å². The summed E-state index contributed by atoms with van der Waals surface area (Å²) in [5.41, 5.74) is 5.23. The molecule has 1 saturated heterocycles. The third-order valence-electron chi connectivity index (χ3n) is 2.08. The maximum absolute atomic E-state index is 11.3. The minimum Gasteiger partial charge on any atom is -0.462 e. The second-order valence-corrected chi connectivity index (χ2v) is 3.22. The predicted molar refractivity (Wildman–Crippen MR) is 51.9 cm³/mol. The summed E-state index contributed by atoms with van der Waals surface area (Å²) in [4.78, 5) is 11.3. The highest BCUT2D eigenvalue weighted by molar-refractivity contribution is 5.76. The van der Waals surface area contributed by atoms with Crippen molar-refractivity contribution in [2.24, 2.45) is 5.73 Å². The summed E-state index contributed by atoms with van der Waals surface area (Å²) in [6.07, 6.45) is 1.92. The zero-order valence-corrected chi connectivity index (χ0v) is 8.33. The Bertz CT molecular complexity index is 169.